The number of nitrogens with two attached hydrogens (primary N) is 1. The van der Waals surface area contributed by atoms with Crippen molar-refractivity contribution in [2.24, 2.45) is 5.73 Å². The molecule has 7 heteroatoms. The van der Waals surface area contributed by atoms with Crippen molar-refractivity contribution in [3.05, 3.63) is 77.1 Å². The van der Waals surface area contributed by atoms with Gasteiger partial charge in [0.1, 0.15) is 11.9 Å². The molecule has 3 heterocycles. The van der Waals surface area contributed by atoms with Crippen molar-refractivity contribution in [1.29, 1.82) is 5.26 Å². The highest BCUT2D eigenvalue weighted by molar-refractivity contribution is 6.08. The molecule has 2 fully saturated rings. The van der Waals surface area contributed by atoms with E-state index in [1.807, 2.05) is 61.2 Å². The number of halogens is 1. The van der Waals surface area contributed by atoms with Crippen LogP contribution in [0.15, 0.2) is 54.6 Å². The Labute approximate surface area is 227 Å². The average molecular weight is 523 g/mol. The van der Waals surface area contributed by atoms with Crippen molar-refractivity contribution in [3.8, 4) is 28.3 Å². The number of likely N-dealkylation sites (N-methyl/N-ethyl adjacent to an activating group) is 1. The van der Waals surface area contributed by atoms with E-state index in [-0.39, 0.29) is 35.5 Å². The van der Waals surface area contributed by atoms with Gasteiger partial charge in [-0.2, -0.15) is 5.26 Å². The van der Waals surface area contributed by atoms with Gasteiger partial charge in [0.25, 0.3) is 5.91 Å². The van der Waals surface area contributed by atoms with Crippen molar-refractivity contribution >= 4 is 17.5 Å². The summed E-state index contributed by atoms with van der Waals surface area (Å²) in [5.41, 5.74) is 10.8. The van der Waals surface area contributed by atoms with Crippen molar-refractivity contribution in [3.63, 3.8) is 0 Å². The minimum atomic E-state index is -0.675. The monoisotopic (exact) mass is 522 g/mol. The molecule has 0 aromatic heterocycles. The van der Waals surface area contributed by atoms with E-state index in [0.29, 0.717) is 16.7 Å². The second kappa shape index (κ2) is 9.03. The summed E-state index contributed by atoms with van der Waals surface area (Å²) in [6.45, 7) is 3.83. The second-order valence-electron chi connectivity index (χ2n) is 11.6. The van der Waals surface area contributed by atoms with Gasteiger partial charge >= 0.3 is 0 Å². The average Bonchev–Trinajstić information content (AvgIpc) is 3.29. The number of benzene rings is 3. The van der Waals surface area contributed by atoms with Crippen LogP contribution in [-0.4, -0.2) is 41.9 Å². The van der Waals surface area contributed by atoms with Crippen LogP contribution < -0.4 is 10.6 Å². The first-order valence-corrected chi connectivity index (χ1v) is 13.5. The Morgan fingerprint density at radius 2 is 1.67 bits per heavy atom. The molecule has 0 spiro atoms. The van der Waals surface area contributed by atoms with Crippen LogP contribution in [-0.2, 0) is 10.2 Å². The molecule has 2 saturated heterocycles. The van der Waals surface area contributed by atoms with E-state index in [0.717, 1.165) is 48.1 Å². The van der Waals surface area contributed by atoms with Gasteiger partial charge in [0.15, 0.2) is 0 Å². The highest BCUT2D eigenvalue weighted by atomic mass is 19.1. The first-order chi connectivity index (χ1) is 18.6. The Kier molecular flexibility index (Phi) is 5.85. The Balaban J connectivity index is 1.48. The van der Waals surface area contributed by atoms with Crippen molar-refractivity contribution in [1.82, 2.24) is 4.90 Å². The molecule has 6 rings (SSSR count). The minimum absolute atomic E-state index is 0.0286. The summed E-state index contributed by atoms with van der Waals surface area (Å²) in [7, 11) is 1.78. The van der Waals surface area contributed by atoms with Gasteiger partial charge in [0.2, 0.25) is 5.91 Å². The fourth-order valence-electron chi connectivity index (χ4n) is 6.78. The van der Waals surface area contributed by atoms with E-state index < -0.39 is 11.2 Å². The summed E-state index contributed by atoms with van der Waals surface area (Å²) in [4.78, 5) is 30.4. The van der Waals surface area contributed by atoms with Gasteiger partial charge < -0.3 is 15.5 Å². The number of fused-ring (bicyclic) bond motifs is 3. The summed E-state index contributed by atoms with van der Waals surface area (Å²) in [5.74, 6) is -0.609. The topological polar surface area (TPSA) is 90.4 Å². The number of anilines is 1. The first kappa shape index (κ1) is 25.3. The maximum absolute atomic E-state index is 14.8. The molecule has 3 aromatic carbocycles. The molecule has 2 unspecified atom stereocenters. The maximum atomic E-state index is 14.8. The number of hydrogen-bond donors (Lipinski definition) is 1. The summed E-state index contributed by atoms with van der Waals surface area (Å²) >= 11 is 0. The van der Waals surface area contributed by atoms with Crippen LogP contribution in [0, 0.1) is 17.1 Å². The molecule has 3 aromatic rings. The molecule has 3 aliphatic heterocycles. The normalized spacial score (nSPS) is 23.1. The van der Waals surface area contributed by atoms with Crippen LogP contribution in [0.1, 0.15) is 61.0 Å². The van der Waals surface area contributed by atoms with Crippen LogP contribution in [0.2, 0.25) is 0 Å². The van der Waals surface area contributed by atoms with Crippen LogP contribution >= 0.6 is 0 Å². The molecule has 39 heavy (non-hydrogen) atoms. The Hall–Kier alpha value is -4.02. The van der Waals surface area contributed by atoms with Gasteiger partial charge in [-0.05, 0) is 104 Å². The Morgan fingerprint density at radius 1 is 1.00 bits per heavy atom. The molecule has 0 saturated carbocycles. The minimum Gasteiger partial charge on any atom is -0.333 e. The molecule has 6 nitrogen and oxygen atoms in total. The third-order valence-electron chi connectivity index (χ3n) is 8.85. The summed E-state index contributed by atoms with van der Waals surface area (Å²) in [6.07, 6.45) is 3.56. The number of nitriles is 1. The summed E-state index contributed by atoms with van der Waals surface area (Å²) in [6, 6.07) is 18.3. The lowest BCUT2D eigenvalue weighted by Crippen LogP contribution is -2.50. The van der Waals surface area contributed by atoms with Gasteiger partial charge in [-0.1, -0.05) is 18.2 Å². The van der Waals surface area contributed by atoms with Crippen molar-refractivity contribution < 1.29 is 14.0 Å². The Morgan fingerprint density at radius 3 is 2.33 bits per heavy atom. The maximum Gasteiger partial charge on any atom is 0.254 e. The molecular weight excluding hydrogens is 491 g/mol. The van der Waals surface area contributed by atoms with Crippen LogP contribution in [0.4, 0.5) is 10.1 Å². The number of carbonyl (C=O) groups excluding carboxylic acids is 2. The van der Waals surface area contributed by atoms with E-state index in [1.165, 1.54) is 12.1 Å². The van der Waals surface area contributed by atoms with Crippen LogP contribution in [0.5, 0.6) is 0 Å². The van der Waals surface area contributed by atoms with E-state index in [9.17, 15) is 19.2 Å². The largest absolute Gasteiger partial charge is 0.333 e. The van der Waals surface area contributed by atoms with Gasteiger partial charge in [-0.25, -0.2) is 4.39 Å². The number of hydrogen-bond acceptors (Lipinski definition) is 4. The molecule has 2 bridgehead atoms. The standard InChI is InChI=1S/C32H31FN4O2/c1-32(2)27-13-18(7-11-29(27)36(3)31(32)39)25-10-6-20(12-26(25)19-4-5-21(17-34)28(33)14-19)30(38)37-23-8-9-24(37)16-22(35)15-23/h4-7,10-14,22-24H,8-9,15-16,35H2,1-3H3. The quantitative estimate of drug-likeness (QED) is 0.500. The lowest BCUT2D eigenvalue weighted by molar-refractivity contribution is -0.121. The molecule has 3 aliphatic rings. The fraction of sp³-hybridized carbons (Fsp3) is 0.344. The predicted octanol–water partition coefficient (Wildman–Crippen LogP) is 5.38. The molecule has 0 aliphatic carbocycles. The lowest BCUT2D eigenvalue weighted by atomic mass is 9.83. The highest BCUT2D eigenvalue weighted by Crippen LogP contribution is 2.44. The lowest BCUT2D eigenvalue weighted by Gasteiger charge is -2.38. The van der Waals surface area contributed by atoms with E-state index in [2.05, 4.69) is 0 Å². The summed E-state index contributed by atoms with van der Waals surface area (Å²) in [5, 5.41) is 9.25. The zero-order chi connectivity index (χ0) is 27.6. The molecule has 2 N–H and O–H groups in total. The SMILES string of the molecule is CN1C(=O)C(C)(C)c2cc(-c3ccc(C(=O)N4C5CCC4CC(N)C5)cc3-c3ccc(C#N)c(F)c3)ccc21. The molecule has 2 amide bonds. The van der Waals surface area contributed by atoms with Crippen LogP contribution in [0.25, 0.3) is 22.3 Å². The third-order valence-corrected chi connectivity index (χ3v) is 8.85. The van der Waals surface area contributed by atoms with E-state index in [4.69, 9.17) is 5.73 Å². The first-order valence-electron chi connectivity index (χ1n) is 13.5. The van der Waals surface area contributed by atoms with Gasteiger partial charge in [0.05, 0.1) is 11.0 Å². The summed E-state index contributed by atoms with van der Waals surface area (Å²) < 4.78 is 14.8. The molecule has 2 atom stereocenters. The highest BCUT2D eigenvalue weighted by Gasteiger charge is 2.43. The predicted molar refractivity (Wildman–Crippen MR) is 149 cm³/mol. The van der Waals surface area contributed by atoms with Gasteiger partial charge in [-0.3, -0.25) is 9.59 Å². The fourth-order valence-corrected chi connectivity index (χ4v) is 6.78. The number of carbonyl (C=O) groups is 2. The molecule has 0 radical (unpaired) electrons. The zero-order valence-electron chi connectivity index (χ0n) is 22.4. The smallest absolute Gasteiger partial charge is 0.254 e. The molecular formula is C32H31FN4O2. The van der Waals surface area contributed by atoms with Crippen LogP contribution in [0.3, 0.4) is 0 Å². The van der Waals surface area contributed by atoms with E-state index >= 15 is 0 Å². The Bertz CT molecular complexity index is 1560. The van der Waals surface area contributed by atoms with E-state index in [1.54, 1.807) is 18.0 Å². The van der Waals surface area contributed by atoms with Gasteiger partial charge in [0, 0.05) is 36.4 Å². The number of amides is 2. The van der Waals surface area contributed by atoms with Gasteiger partial charge in [-0.15, -0.1) is 0 Å². The number of nitrogens with zero attached hydrogens (tertiary/aromatic N) is 3. The van der Waals surface area contributed by atoms with Crippen molar-refractivity contribution in [2.75, 3.05) is 11.9 Å². The number of piperidine rings is 1. The van der Waals surface area contributed by atoms with Crippen molar-refractivity contribution in [2.45, 2.75) is 63.1 Å². The third kappa shape index (κ3) is 3.93. The number of rotatable bonds is 3. The molecule has 198 valence electrons. The second-order valence-corrected chi connectivity index (χ2v) is 11.6. The zero-order valence-corrected chi connectivity index (χ0v) is 22.4.